The molecule has 1 N–H and O–H groups in total. The molecule has 1 heterocycles. The van der Waals surface area contributed by atoms with E-state index in [-0.39, 0.29) is 5.41 Å². The van der Waals surface area contributed by atoms with Crippen molar-refractivity contribution in [3.05, 3.63) is 0 Å². The fourth-order valence-corrected chi connectivity index (χ4v) is 12.0. The molecule has 2 bridgehead atoms. The molecule has 6 fully saturated rings. The van der Waals surface area contributed by atoms with Crippen LogP contribution in [0, 0.1) is 56.2 Å². The van der Waals surface area contributed by atoms with E-state index in [0.717, 1.165) is 36.5 Å². The van der Waals surface area contributed by atoms with Crippen LogP contribution in [0.1, 0.15) is 113 Å². The van der Waals surface area contributed by atoms with Gasteiger partial charge in [0, 0.05) is 5.41 Å². The average molecular weight is 456 g/mol. The lowest BCUT2D eigenvalue weighted by Gasteiger charge is -2.73. The Morgan fingerprint density at radius 3 is 2.24 bits per heavy atom. The zero-order chi connectivity index (χ0) is 23.7. The van der Waals surface area contributed by atoms with E-state index in [9.17, 15) is 5.21 Å². The summed E-state index contributed by atoms with van der Waals surface area (Å²) in [5.41, 5.74) is 3.06. The molecular formula is C30H49NO2. The molecule has 0 aromatic carbocycles. The fraction of sp³-hybridized carbons (Fsp3) is 0.967. The summed E-state index contributed by atoms with van der Waals surface area (Å²) in [5, 5.41) is 13.6. The first kappa shape index (κ1) is 22.9. The first-order valence-corrected chi connectivity index (χ1v) is 14.2. The van der Waals surface area contributed by atoms with Gasteiger partial charge in [0.15, 0.2) is 0 Å². The van der Waals surface area contributed by atoms with Crippen LogP contribution in [-0.4, -0.2) is 23.6 Å². The standard InChI is InChI=1S/C30H49NO2/c1-25(2)14-16-30-17-15-28(6)19(23(30)24(25)33-18-30)8-9-21-27(5)12-11-22(31-32)26(3,4)20(27)10-13-29(21,28)7/h19-21,23-24,32H,8-18H2,1-7H3/b31-22-/t19-,20-,21-,23-,24+,27+,28-,29-,30-/m1/s1. The van der Waals surface area contributed by atoms with E-state index < -0.39 is 0 Å². The molecule has 6 rings (SSSR count). The zero-order valence-electron chi connectivity index (χ0n) is 22.5. The third-order valence-electron chi connectivity index (χ3n) is 14.0. The summed E-state index contributed by atoms with van der Waals surface area (Å²) >= 11 is 0. The summed E-state index contributed by atoms with van der Waals surface area (Å²) in [7, 11) is 0. The first-order chi connectivity index (χ1) is 15.4. The lowest BCUT2D eigenvalue weighted by Crippen LogP contribution is -2.67. The molecule has 186 valence electrons. The molecule has 1 saturated heterocycles. The van der Waals surface area contributed by atoms with Gasteiger partial charge in [0.1, 0.15) is 0 Å². The fourth-order valence-electron chi connectivity index (χ4n) is 12.0. The van der Waals surface area contributed by atoms with E-state index in [1.807, 2.05) is 0 Å². The average Bonchev–Trinajstić information content (AvgIpc) is 3.07. The van der Waals surface area contributed by atoms with Crippen LogP contribution in [0.3, 0.4) is 0 Å². The number of hydrogen-bond acceptors (Lipinski definition) is 3. The van der Waals surface area contributed by atoms with Crippen LogP contribution in [-0.2, 0) is 4.74 Å². The summed E-state index contributed by atoms with van der Waals surface area (Å²) in [6, 6.07) is 0. The molecule has 3 heteroatoms. The Hall–Kier alpha value is -0.570. The normalized spacial score (nSPS) is 57.5. The quantitative estimate of drug-likeness (QED) is 0.300. The van der Waals surface area contributed by atoms with E-state index in [2.05, 4.69) is 53.6 Å². The lowest BCUT2D eigenvalue weighted by molar-refractivity contribution is -0.235. The summed E-state index contributed by atoms with van der Waals surface area (Å²) < 4.78 is 6.71. The predicted molar refractivity (Wildman–Crippen MR) is 133 cm³/mol. The van der Waals surface area contributed by atoms with Crippen molar-refractivity contribution in [3.8, 4) is 0 Å². The molecule has 33 heavy (non-hydrogen) atoms. The minimum absolute atomic E-state index is 0.0117. The van der Waals surface area contributed by atoms with Gasteiger partial charge in [-0.2, -0.15) is 0 Å². The number of fused-ring (bicyclic) bond motifs is 5. The van der Waals surface area contributed by atoms with Crippen LogP contribution in [0.25, 0.3) is 0 Å². The minimum atomic E-state index is 0.0117. The van der Waals surface area contributed by atoms with Crippen molar-refractivity contribution in [1.29, 1.82) is 0 Å². The van der Waals surface area contributed by atoms with Gasteiger partial charge in [-0.1, -0.05) is 53.6 Å². The van der Waals surface area contributed by atoms with E-state index in [1.54, 1.807) is 0 Å². The largest absolute Gasteiger partial charge is 0.411 e. The minimum Gasteiger partial charge on any atom is -0.411 e. The van der Waals surface area contributed by atoms with Gasteiger partial charge in [-0.15, -0.1) is 0 Å². The molecule has 9 atom stereocenters. The maximum absolute atomic E-state index is 9.76. The smallest absolute Gasteiger partial charge is 0.0663 e. The molecule has 0 unspecified atom stereocenters. The van der Waals surface area contributed by atoms with E-state index >= 15 is 0 Å². The van der Waals surface area contributed by atoms with Crippen molar-refractivity contribution in [3.63, 3.8) is 0 Å². The molecule has 0 aromatic heterocycles. The topological polar surface area (TPSA) is 41.8 Å². The van der Waals surface area contributed by atoms with Gasteiger partial charge in [0.05, 0.1) is 18.4 Å². The summed E-state index contributed by atoms with van der Waals surface area (Å²) in [4.78, 5) is 0. The highest BCUT2D eigenvalue weighted by Crippen LogP contribution is 2.77. The predicted octanol–water partition coefficient (Wildman–Crippen LogP) is 7.71. The second-order valence-electron chi connectivity index (χ2n) is 15.5. The van der Waals surface area contributed by atoms with Gasteiger partial charge in [0.25, 0.3) is 0 Å². The first-order valence-electron chi connectivity index (χ1n) is 14.2. The Labute approximate surface area is 202 Å². The molecule has 1 aliphatic heterocycles. The number of nitrogens with zero attached hydrogens (tertiary/aromatic N) is 1. The van der Waals surface area contributed by atoms with E-state index in [4.69, 9.17) is 4.74 Å². The zero-order valence-corrected chi connectivity index (χ0v) is 22.5. The van der Waals surface area contributed by atoms with Gasteiger partial charge >= 0.3 is 0 Å². The highest BCUT2D eigenvalue weighted by molar-refractivity contribution is 5.90. The molecule has 0 spiro atoms. The molecule has 0 radical (unpaired) electrons. The molecule has 0 amide bonds. The molecule has 0 aromatic rings. The number of rotatable bonds is 0. The molecule has 5 saturated carbocycles. The van der Waals surface area contributed by atoms with Gasteiger partial charge in [0.2, 0.25) is 0 Å². The summed E-state index contributed by atoms with van der Waals surface area (Å²) in [5.74, 6) is 3.02. The van der Waals surface area contributed by atoms with Gasteiger partial charge < -0.3 is 9.94 Å². The van der Waals surface area contributed by atoms with E-state index in [0.29, 0.717) is 39.1 Å². The second-order valence-corrected chi connectivity index (χ2v) is 15.5. The SMILES string of the molecule is CC1(C)CC[C@]23CC[C@]4(C)[C@H](CC[C@@H]5[C@@]6(C)CC/C(=N/O)C(C)(C)[C@H]6CC[C@]54C)[C@@H]2[C@@H]1OC3. The second kappa shape index (κ2) is 6.60. The third-order valence-corrected chi connectivity index (χ3v) is 14.0. The Morgan fingerprint density at radius 2 is 1.52 bits per heavy atom. The number of hydrogen-bond donors (Lipinski definition) is 1. The maximum atomic E-state index is 9.76. The van der Waals surface area contributed by atoms with Crippen molar-refractivity contribution >= 4 is 5.71 Å². The molecular weight excluding hydrogens is 406 g/mol. The van der Waals surface area contributed by atoms with Crippen LogP contribution in [0.2, 0.25) is 0 Å². The number of oxime groups is 1. The van der Waals surface area contributed by atoms with Crippen LogP contribution in [0.15, 0.2) is 5.16 Å². The van der Waals surface area contributed by atoms with Crippen LogP contribution in [0.4, 0.5) is 0 Å². The maximum Gasteiger partial charge on any atom is 0.0663 e. The highest BCUT2D eigenvalue weighted by Gasteiger charge is 2.72. The summed E-state index contributed by atoms with van der Waals surface area (Å²) in [6.45, 7) is 18.8. The van der Waals surface area contributed by atoms with Crippen LogP contribution >= 0.6 is 0 Å². The molecule has 3 nitrogen and oxygen atoms in total. The van der Waals surface area contributed by atoms with Crippen molar-refractivity contribution in [1.82, 2.24) is 0 Å². The Kier molecular flexibility index (Phi) is 4.57. The Balaban J connectivity index is 1.39. The monoisotopic (exact) mass is 455 g/mol. The highest BCUT2D eigenvalue weighted by atomic mass is 16.5. The lowest BCUT2D eigenvalue weighted by atomic mass is 9.31. The Morgan fingerprint density at radius 1 is 0.788 bits per heavy atom. The van der Waals surface area contributed by atoms with Crippen LogP contribution in [0.5, 0.6) is 0 Å². The van der Waals surface area contributed by atoms with Crippen molar-refractivity contribution in [2.75, 3.05) is 6.61 Å². The van der Waals surface area contributed by atoms with Gasteiger partial charge in [-0.3, -0.25) is 0 Å². The van der Waals surface area contributed by atoms with Crippen LogP contribution < -0.4 is 0 Å². The van der Waals surface area contributed by atoms with Gasteiger partial charge in [-0.05, 0) is 115 Å². The summed E-state index contributed by atoms with van der Waals surface area (Å²) in [6.07, 6.45) is 13.6. The third kappa shape index (κ3) is 2.54. The Bertz CT molecular complexity index is 877. The molecule has 6 aliphatic rings. The molecule has 5 aliphatic carbocycles. The van der Waals surface area contributed by atoms with Crippen molar-refractivity contribution < 1.29 is 9.94 Å². The van der Waals surface area contributed by atoms with E-state index in [1.165, 1.54) is 57.8 Å². The van der Waals surface area contributed by atoms with Crippen molar-refractivity contribution in [2.45, 2.75) is 119 Å². The van der Waals surface area contributed by atoms with Gasteiger partial charge in [-0.25, -0.2) is 0 Å². The van der Waals surface area contributed by atoms with Crippen molar-refractivity contribution in [2.24, 2.45) is 61.3 Å². The number of ether oxygens (including phenoxy) is 1.